The van der Waals surface area contributed by atoms with Crippen LogP contribution in [0.15, 0.2) is 6.20 Å². The molecule has 0 spiro atoms. The van der Waals surface area contributed by atoms with E-state index in [9.17, 15) is 19.2 Å². The highest BCUT2D eigenvalue weighted by atomic mass is 16.6. The number of nitrogens with zero attached hydrogens (tertiary/aromatic N) is 4. The van der Waals surface area contributed by atoms with E-state index in [0.29, 0.717) is 31.5 Å². The number of aromatic nitrogens is 2. The van der Waals surface area contributed by atoms with Crippen molar-refractivity contribution >= 4 is 30.0 Å². The zero-order valence-electron chi connectivity index (χ0n) is 27.0. The van der Waals surface area contributed by atoms with Gasteiger partial charge in [0.2, 0.25) is 5.91 Å². The maximum atomic E-state index is 13.4. The van der Waals surface area contributed by atoms with Gasteiger partial charge >= 0.3 is 18.3 Å². The molecule has 0 atom stereocenters. The lowest BCUT2D eigenvalue weighted by molar-refractivity contribution is -0.147. The predicted octanol–water partition coefficient (Wildman–Crippen LogP) is 5.94. The highest BCUT2D eigenvalue weighted by Crippen LogP contribution is 2.42. The van der Waals surface area contributed by atoms with Crippen molar-refractivity contribution in [2.75, 3.05) is 18.0 Å². The minimum absolute atomic E-state index is 0.00459. The Morgan fingerprint density at radius 2 is 1.40 bits per heavy atom. The number of amides is 4. The van der Waals surface area contributed by atoms with Gasteiger partial charge in [0.15, 0.2) is 5.82 Å². The molecule has 12 nitrogen and oxygen atoms in total. The normalized spacial score (nSPS) is 17.6. The standard InChI is InChI=1S/C30H49N5O7/c1-27(2,3)40-24(37)31-18-20-19-34(21-12-16-33(17-13-21)23(36)30(10)14-11-15-30)32-22(20)35(25(38)41-28(4,5)6)26(39)42-29(7,8)9/h19,21H,11-18H2,1-10H3,(H,31,37). The minimum atomic E-state index is -0.949. The van der Waals surface area contributed by atoms with E-state index in [2.05, 4.69) is 10.4 Å². The second-order valence-corrected chi connectivity index (χ2v) is 14.5. The van der Waals surface area contributed by atoms with E-state index >= 15 is 0 Å². The molecule has 3 rings (SSSR count). The van der Waals surface area contributed by atoms with Crippen LogP contribution in [0.25, 0.3) is 0 Å². The Kier molecular flexibility index (Phi) is 9.58. The van der Waals surface area contributed by atoms with Gasteiger partial charge in [-0.05, 0) is 88.0 Å². The number of anilines is 1. The molecule has 4 amide bonds. The Morgan fingerprint density at radius 3 is 1.83 bits per heavy atom. The molecule has 2 aliphatic rings. The Bertz CT molecular complexity index is 1130. The van der Waals surface area contributed by atoms with E-state index in [4.69, 9.17) is 14.2 Å². The van der Waals surface area contributed by atoms with Crippen molar-refractivity contribution in [1.82, 2.24) is 20.0 Å². The summed E-state index contributed by atoms with van der Waals surface area (Å²) in [4.78, 5) is 55.0. The van der Waals surface area contributed by atoms with Crippen LogP contribution in [0, 0.1) is 5.41 Å². The van der Waals surface area contributed by atoms with Crippen molar-refractivity contribution < 1.29 is 33.4 Å². The molecule has 0 aromatic carbocycles. The highest BCUT2D eigenvalue weighted by molar-refractivity contribution is 6.09. The van der Waals surface area contributed by atoms with Crippen molar-refractivity contribution in [2.24, 2.45) is 5.41 Å². The average Bonchev–Trinajstić information content (AvgIpc) is 3.21. The molecule has 1 saturated heterocycles. The molecular weight excluding hydrogens is 542 g/mol. The van der Waals surface area contributed by atoms with Crippen molar-refractivity contribution in [3.05, 3.63) is 11.8 Å². The lowest BCUT2D eigenvalue weighted by Crippen LogP contribution is -2.49. The second kappa shape index (κ2) is 12.1. The summed E-state index contributed by atoms with van der Waals surface area (Å²) in [6.07, 6.45) is 3.40. The maximum absolute atomic E-state index is 13.4. The number of piperidine rings is 1. The fourth-order valence-electron chi connectivity index (χ4n) is 4.90. The Labute approximate surface area is 249 Å². The smallest absolute Gasteiger partial charge is 0.425 e. The van der Waals surface area contributed by atoms with Gasteiger partial charge in [-0.3, -0.25) is 9.48 Å². The highest BCUT2D eigenvalue weighted by Gasteiger charge is 2.43. The summed E-state index contributed by atoms with van der Waals surface area (Å²) in [5.74, 6) is 0.201. The van der Waals surface area contributed by atoms with Crippen LogP contribution in [0.3, 0.4) is 0 Å². The summed E-state index contributed by atoms with van der Waals surface area (Å²) in [7, 11) is 0. The van der Waals surface area contributed by atoms with Crippen LogP contribution in [0.1, 0.15) is 113 Å². The molecule has 1 aliphatic heterocycles. The van der Waals surface area contributed by atoms with E-state index < -0.39 is 35.1 Å². The van der Waals surface area contributed by atoms with E-state index in [1.54, 1.807) is 73.2 Å². The molecule has 2 fully saturated rings. The Hall–Kier alpha value is -3.31. The van der Waals surface area contributed by atoms with Crippen LogP contribution in [0.2, 0.25) is 0 Å². The van der Waals surface area contributed by atoms with Crippen LogP contribution >= 0.6 is 0 Å². The first-order chi connectivity index (χ1) is 19.2. The summed E-state index contributed by atoms with van der Waals surface area (Å²) >= 11 is 0. The number of likely N-dealkylation sites (tertiary alicyclic amines) is 1. The summed E-state index contributed by atoms with van der Waals surface area (Å²) in [6, 6.07) is -0.0867. The number of nitrogens with one attached hydrogen (secondary N) is 1. The van der Waals surface area contributed by atoms with Crippen molar-refractivity contribution in [1.29, 1.82) is 0 Å². The molecule has 236 valence electrons. The van der Waals surface area contributed by atoms with E-state index in [1.807, 2.05) is 11.8 Å². The molecule has 0 bridgehead atoms. The van der Waals surface area contributed by atoms with Gasteiger partial charge in [0.1, 0.15) is 16.8 Å². The van der Waals surface area contributed by atoms with Crippen LogP contribution < -0.4 is 10.2 Å². The third kappa shape index (κ3) is 8.84. The second-order valence-electron chi connectivity index (χ2n) is 14.5. The molecule has 1 N–H and O–H groups in total. The zero-order valence-corrected chi connectivity index (χ0v) is 27.0. The lowest BCUT2D eigenvalue weighted by atomic mass is 9.69. The SMILES string of the molecule is CC(C)(C)OC(=O)NCc1cn(C2CCN(C(=O)C3(C)CCC3)CC2)nc1N(C(=O)OC(C)(C)C)C(=O)OC(C)(C)C. The molecule has 2 heterocycles. The molecule has 1 saturated carbocycles. The summed E-state index contributed by atoms with van der Waals surface area (Å²) < 4.78 is 18.2. The largest absolute Gasteiger partial charge is 0.444 e. The lowest BCUT2D eigenvalue weighted by Gasteiger charge is -2.43. The molecule has 12 heteroatoms. The van der Waals surface area contributed by atoms with Crippen molar-refractivity contribution in [3.63, 3.8) is 0 Å². The van der Waals surface area contributed by atoms with Crippen LogP contribution in [-0.2, 0) is 25.5 Å². The Balaban J connectivity index is 1.92. The van der Waals surface area contributed by atoms with Crippen molar-refractivity contribution in [3.8, 4) is 0 Å². The molecule has 0 radical (unpaired) electrons. The molecule has 1 aromatic rings. The van der Waals surface area contributed by atoms with Crippen molar-refractivity contribution in [2.45, 2.75) is 131 Å². The predicted molar refractivity (Wildman–Crippen MR) is 157 cm³/mol. The van der Waals surface area contributed by atoms with Gasteiger partial charge in [-0.1, -0.05) is 13.3 Å². The Morgan fingerprint density at radius 1 is 0.905 bits per heavy atom. The van der Waals surface area contributed by atoms with Gasteiger partial charge < -0.3 is 24.4 Å². The third-order valence-corrected chi connectivity index (χ3v) is 7.07. The topological polar surface area (TPSA) is 132 Å². The fraction of sp³-hybridized carbons (Fsp3) is 0.767. The first-order valence-electron chi connectivity index (χ1n) is 14.8. The van der Waals surface area contributed by atoms with Gasteiger partial charge in [-0.15, -0.1) is 0 Å². The summed E-state index contributed by atoms with van der Waals surface area (Å²) in [6.45, 7) is 18.6. The first kappa shape index (κ1) is 33.2. The molecule has 1 aliphatic carbocycles. The first-order valence-corrected chi connectivity index (χ1v) is 14.8. The van der Waals surface area contributed by atoms with Gasteiger partial charge in [0, 0.05) is 30.3 Å². The number of hydrogen-bond acceptors (Lipinski definition) is 8. The van der Waals surface area contributed by atoms with Crippen LogP contribution in [0.5, 0.6) is 0 Å². The van der Waals surface area contributed by atoms with Gasteiger partial charge in [-0.2, -0.15) is 10.00 Å². The molecular formula is C30H49N5O7. The molecule has 0 unspecified atom stereocenters. The van der Waals surface area contributed by atoms with E-state index in [0.717, 1.165) is 24.2 Å². The third-order valence-electron chi connectivity index (χ3n) is 7.07. The zero-order chi connectivity index (χ0) is 31.7. The number of hydrogen-bond donors (Lipinski definition) is 1. The number of rotatable bonds is 5. The quantitative estimate of drug-likeness (QED) is 0.416. The van der Waals surface area contributed by atoms with Crippen LogP contribution in [-0.4, -0.2) is 68.8 Å². The number of alkyl carbamates (subject to hydrolysis) is 1. The maximum Gasteiger partial charge on any atom is 0.425 e. The van der Waals surface area contributed by atoms with Gasteiger partial charge in [0.25, 0.3) is 0 Å². The summed E-state index contributed by atoms with van der Waals surface area (Å²) in [5, 5.41) is 7.37. The van der Waals surface area contributed by atoms with Gasteiger partial charge in [-0.25, -0.2) is 14.4 Å². The van der Waals surface area contributed by atoms with E-state index in [-0.39, 0.29) is 29.7 Å². The minimum Gasteiger partial charge on any atom is -0.444 e. The number of imide groups is 1. The fourth-order valence-corrected chi connectivity index (χ4v) is 4.90. The van der Waals surface area contributed by atoms with E-state index in [1.165, 1.54) is 0 Å². The monoisotopic (exact) mass is 591 g/mol. The summed E-state index contributed by atoms with van der Waals surface area (Å²) in [5.41, 5.74) is -2.36. The average molecular weight is 592 g/mol. The van der Waals surface area contributed by atoms with Gasteiger partial charge in [0.05, 0.1) is 12.6 Å². The molecule has 42 heavy (non-hydrogen) atoms. The number of ether oxygens (including phenoxy) is 3. The van der Waals surface area contributed by atoms with Crippen LogP contribution in [0.4, 0.5) is 20.2 Å². The number of carbonyl (C=O) groups excluding carboxylic acids is 4. The molecule has 1 aromatic heterocycles. The number of carbonyl (C=O) groups is 4.